The second-order valence-corrected chi connectivity index (χ2v) is 5.32. The van der Waals surface area contributed by atoms with Crippen LogP contribution in [0.25, 0.3) is 0 Å². The predicted molar refractivity (Wildman–Crippen MR) is 79.6 cm³/mol. The Bertz CT molecular complexity index is 445. The fraction of sp³-hybridized carbons (Fsp3) is 0.462. The van der Waals surface area contributed by atoms with E-state index in [9.17, 15) is 0 Å². The molecule has 1 aromatic rings. The van der Waals surface area contributed by atoms with Crippen molar-refractivity contribution in [1.82, 2.24) is 0 Å². The van der Waals surface area contributed by atoms with Gasteiger partial charge >= 0.3 is 0 Å². The fourth-order valence-corrected chi connectivity index (χ4v) is 2.65. The number of piperidine rings is 1. The minimum Gasteiger partial charge on any atom is -0.389 e. The molecule has 1 aromatic carbocycles. The van der Waals surface area contributed by atoms with Crippen molar-refractivity contribution < 1.29 is 4.74 Å². The van der Waals surface area contributed by atoms with E-state index < -0.39 is 0 Å². The number of hydrogen-bond donors (Lipinski definition) is 1. The number of ether oxygens (including phenoxy) is 1. The highest BCUT2D eigenvalue weighted by Crippen LogP contribution is 2.27. The Kier molecular flexibility index (Phi) is 4.43. The fourth-order valence-electron chi connectivity index (χ4n) is 2.31. The second-order valence-electron chi connectivity index (χ2n) is 4.45. The molecule has 2 rings (SSSR count). The first-order chi connectivity index (χ1) is 8.61. The molecule has 18 heavy (non-hydrogen) atoms. The number of nitrogens with two attached hydrogens (primary N) is 1. The third-order valence-corrected chi connectivity index (χ3v) is 3.80. The highest BCUT2D eigenvalue weighted by molar-refractivity contribution is 7.80. The molecule has 1 aliphatic rings. The van der Waals surface area contributed by atoms with E-state index in [1.165, 1.54) is 0 Å². The van der Waals surface area contributed by atoms with Gasteiger partial charge in [0.2, 0.25) is 0 Å². The number of methoxy groups -OCH3 is 1. The van der Waals surface area contributed by atoms with Gasteiger partial charge in [-0.25, -0.2) is 0 Å². The summed E-state index contributed by atoms with van der Waals surface area (Å²) in [4.78, 5) is 2.68. The first kappa shape index (κ1) is 13.6. The highest BCUT2D eigenvalue weighted by Gasteiger charge is 2.21. The van der Waals surface area contributed by atoms with Crippen molar-refractivity contribution in [1.29, 1.82) is 0 Å². The van der Waals surface area contributed by atoms with Gasteiger partial charge in [-0.1, -0.05) is 23.8 Å². The zero-order chi connectivity index (χ0) is 13.1. The molecule has 1 heterocycles. The molecule has 0 atom stereocenters. The molecular formula is C13H17ClN2OS. The average Bonchev–Trinajstić information content (AvgIpc) is 2.39. The van der Waals surface area contributed by atoms with Crippen LogP contribution >= 0.6 is 23.8 Å². The van der Waals surface area contributed by atoms with E-state index in [2.05, 4.69) is 4.90 Å². The Morgan fingerprint density at radius 3 is 2.67 bits per heavy atom. The number of benzene rings is 1. The Hall–Kier alpha value is -0.840. The van der Waals surface area contributed by atoms with Crippen molar-refractivity contribution in [2.24, 2.45) is 5.73 Å². The Labute approximate surface area is 118 Å². The number of thiocarbonyl (C=S) groups is 1. The Morgan fingerprint density at radius 1 is 1.44 bits per heavy atom. The first-order valence-electron chi connectivity index (χ1n) is 5.99. The summed E-state index contributed by atoms with van der Waals surface area (Å²) in [6.45, 7) is 1.91. The van der Waals surface area contributed by atoms with Gasteiger partial charge in [0.25, 0.3) is 0 Å². The maximum Gasteiger partial charge on any atom is 0.106 e. The minimum atomic E-state index is 0.363. The number of nitrogens with zero attached hydrogens (tertiary/aromatic N) is 1. The molecule has 3 nitrogen and oxygen atoms in total. The molecule has 0 saturated carbocycles. The van der Waals surface area contributed by atoms with Gasteiger partial charge in [-0.05, 0) is 31.0 Å². The summed E-state index contributed by atoms with van der Waals surface area (Å²) in [6.07, 6.45) is 2.41. The monoisotopic (exact) mass is 284 g/mol. The van der Waals surface area contributed by atoms with E-state index in [4.69, 9.17) is 34.3 Å². The lowest BCUT2D eigenvalue weighted by molar-refractivity contribution is 0.0819. The lowest BCUT2D eigenvalue weighted by Crippen LogP contribution is -2.37. The Balaban J connectivity index is 2.21. The molecule has 5 heteroatoms. The van der Waals surface area contributed by atoms with E-state index in [-0.39, 0.29) is 0 Å². The normalized spacial score (nSPS) is 16.9. The van der Waals surface area contributed by atoms with Crippen LogP contribution in [0.2, 0.25) is 5.02 Å². The maximum atomic E-state index is 5.99. The largest absolute Gasteiger partial charge is 0.389 e. The van der Waals surface area contributed by atoms with Crippen LogP contribution in [0.15, 0.2) is 18.2 Å². The molecule has 0 unspecified atom stereocenters. The summed E-state index contributed by atoms with van der Waals surface area (Å²) < 4.78 is 5.37. The third-order valence-electron chi connectivity index (χ3n) is 3.34. The smallest absolute Gasteiger partial charge is 0.106 e. The molecule has 0 aromatic heterocycles. The van der Waals surface area contributed by atoms with E-state index in [0.717, 1.165) is 37.2 Å². The van der Waals surface area contributed by atoms with Crippen LogP contribution in [0, 0.1) is 0 Å². The van der Waals surface area contributed by atoms with Gasteiger partial charge in [0.1, 0.15) is 4.99 Å². The Morgan fingerprint density at radius 2 is 2.11 bits per heavy atom. The van der Waals surface area contributed by atoms with Crippen LogP contribution in [0.3, 0.4) is 0 Å². The van der Waals surface area contributed by atoms with Gasteiger partial charge in [0.15, 0.2) is 0 Å². The molecule has 0 aliphatic carbocycles. The van der Waals surface area contributed by atoms with Crippen LogP contribution in [0.1, 0.15) is 18.4 Å². The first-order valence-corrected chi connectivity index (χ1v) is 6.77. The van der Waals surface area contributed by atoms with Gasteiger partial charge in [0, 0.05) is 36.5 Å². The van der Waals surface area contributed by atoms with Crippen LogP contribution < -0.4 is 10.6 Å². The molecule has 0 amide bonds. The summed E-state index contributed by atoms with van der Waals surface area (Å²) in [6, 6.07) is 5.70. The number of anilines is 1. The SMILES string of the molecule is COC1CCN(c2ccc(Cl)cc2C(N)=S)CC1. The van der Waals surface area contributed by atoms with Crippen molar-refractivity contribution in [3.8, 4) is 0 Å². The lowest BCUT2D eigenvalue weighted by Gasteiger charge is -2.34. The molecule has 1 saturated heterocycles. The van der Waals surface area contributed by atoms with Crippen LogP contribution in [0.5, 0.6) is 0 Å². The van der Waals surface area contributed by atoms with Crippen molar-refractivity contribution in [3.05, 3.63) is 28.8 Å². The zero-order valence-corrected chi connectivity index (χ0v) is 11.9. The number of halogens is 1. The van der Waals surface area contributed by atoms with Crippen molar-refractivity contribution in [2.75, 3.05) is 25.1 Å². The van der Waals surface area contributed by atoms with Crippen LogP contribution in [0.4, 0.5) is 5.69 Å². The average molecular weight is 285 g/mol. The van der Waals surface area contributed by atoms with Crippen molar-refractivity contribution in [2.45, 2.75) is 18.9 Å². The van der Waals surface area contributed by atoms with E-state index >= 15 is 0 Å². The molecule has 0 spiro atoms. The van der Waals surface area contributed by atoms with E-state index in [1.807, 2.05) is 18.2 Å². The summed E-state index contributed by atoms with van der Waals surface area (Å²) >= 11 is 11.1. The molecule has 0 radical (unpaired) electrons. The molecule has 98 valence electrons. The summed E-state index contributed by atoms with van der Waals surface area (Å²) in [5.41, 5.74) is 7.69. The molecular weight excluding hydrogens is 268 g/mol. The van der Waals surface area contributed by atoms with Gasteiger partial charge in [-0.15, -0.1) is 0 Å². The van der Waals surface area contributed by atoms with Gasteiger partial charge in [-0.3, -0.25) is 0 Å². The molecule has 1 fully saturated rings. The van der Waals surface area contributed by atoms with Gasteiger partial charge in [0.05, 0.1) is 6.10 Å². The van der Waals surface area contributed by atoms with Crippen LogP contribution in [-0.2, 0) is 4.74 Å². The quantitative estimate of drug-likeness (QED) is 0.866. The number of rotatable bonds is 3. The topological polar surface area (TPSA) is 38.5 Å². The summed E-state index contributed by atoms with van der Waals surface area (Å²) in [5.74, 6) is 0. The number of hydrogen-bond acceptors (Lipinski definition) is 3. The summed E-state index contributed by atoms with van der Waals surface area (Å²) in [5, 5.41) is 0.660. The molecule has 0 bridgehead atoms. The zero-order valence-electron chi connectivity index (χ0n) is 10.4. The molecule has 1 aliphatic heterocycles. The lowest BCUT2D eigenvalue weighted by atomic mass is 10.0. The highest BCUT2D eigenvalue weighted by atomic mass is 35.5. The standard InChI is InChI=1S/C13H17ClN2OS/c1-17-10-4-6-16(7-5-10)12-3-2-9(14)8-11(12)13(15)18/h2-3,8,10H,4-7H2,1H3,(H2,15,18). The van der Waals surface area contributed by atoms with Crippen LogP contribution in [-0.4, -0.2) is 31.3 Å². The van der Waals surface area contributed by atoms with Crippen molar-refractivity contribution in [3.63, 3.8) is 0 Å². The van der Waals surface area contributed by atoms with E-state index in [1.54, 1.807) is 7.11 Å². The van der Waals surface area contributed by atoms with Gasteiger partial charge in [-0.2, -0.15) is 0 Å². The third kappa shape index (κ3) is 2.94. The summed E-state index contributed by atoms with van der Waals surface area (Å²) in [7, 11) is 1.77. The predicted octanol–water partition coefficient (Wildman–Crippen LogP) is 2.59. The van der Waals surface area contributed by atoms with E-state index in [0.29, 0.717) is 16.1 Å². The maximum absolute atomic E-state index is 5.99. The second kappa shape index (κ2) is 5.87. The van der Waals surface area contributed by atoms with Crippen molar-refractivity contribution >= 4 is 34.5 Å². The van der Waals surface area contributed by atoms with Gasteiger partial charge < -0.3 is 15.4 Å². The minimum absolute atomic E-state index is 0.363. The molecule has 2 N–H and O–H groups in total.